The summed E-state index contributed by atoms with van der Waals surface area (Å²) < 4.78 is 1.17. The minimum atomic E-state index is -0.0203. The number of carbonyl (C=O) groups is 1. The molecule has 1 aliphatic rings. The van der Waals surface area contributed by atoms with E-state index in [0.717, 1.165) is 25.1 Å². The summed E-state index contributed by atoms with van der Waals surface area (Å²) in [6.07, 6.45) is 3.25. The third kappa shape index (κ3) is 3.18. The highest BCUT2D eigenvalue weighted by molar-refractivity contribution is 14.1. The quantitative estimate of drug-likeness (QED) is 0.818. The molecule has 0 spiro atoms. The van der Waals surface area contributed by atoms with E-state index in [1.807, 2.05) is 24.3 Å². The van der Waals surface area contributed by atoms with Crippen molar-refractivity contribution in [3.8, 4) is 0 Å². The molecule has 3 nitrogen and oxygen atoms in total. The van der Waals surface area contributed by atoms with Gasteiger partial charge in [-0.05, 0) is 66.2 Å². The number of rotatable bonds is 2. The summed E-state index contributed by atoms with van der Waals surface area (Å²) in [4.78, 5) is 11.9. The van der Waals surface area contributed by atoms with Crippen molar-refractivity contribution in [3.63, 3.8) is 0 Å². The second-order valence-electron chi connectivity index (χ2n) is 4.00. The Kier molecular flexibility index (Phi) is 4.17. The summed E-state index contributed by atoms with van der Waals surface area (Å²) in [6.45, 7) is 0.949. The first-order valence-corrected chi connectivity index (χ1v) is 6.63. The molecule has 2 rings (SSSR count). The molecular formula is C12H15IN2O. The maximum Gasteiger partial charge on any atom is 0.241 e. The molecule has 1 saturated heterocycles. The molecule has 16 heavy (non-hydrogen) atoms. The minimum absolute atomic E-state index is 0.0203. The minimum Gasteiger partial charge on any atom is -0.325 e. The maximum atomic E-state index is 11.9. The van der Waals surface area contributed by atoms with Gasteiger partial charge >= 0.3 is 0 Å². The van der Waals surface area contributed by atoms with Crippen LogP contribution in [0.25, 0.3) is 0 Å². The Labute approximate surface area is 109 Å². The lowest BCUT2D eigenvalue weighted by Gasteiger charge is -2.22. The smallest absolute Gasteiger partial charge is 0.241 e. The lowest BCUT2D eigenvalue weighted by atomic mass is 10.0. The zero-order valence-electron chi connectivity index (χ0n) is 9.00. The predicted molar refractivity (Wildman–Crippen MR) is 73.4 cm³/mol. The fraction of sp³-hybridized carbons (Fsp3) is 0.417. The third-order valence-electron chi connectivity index (χ3n) is 2.74. The monoisotopic (exact) mass is 330 g/mol. The second kappa shape index (κ2) is 5.63. The van der Waals surface area contributed by atoms with Gasteiger partial charge in [0.25, 0.3) is 0 Å². The molecule has 2 N–H and O–H groups in total. The number of hydrogen-bond donors (Lipinski definition) is 2. The SMILES string of the molecule is O=C(Nc1ccc(I)cc1)C1CCCCN1. The van der Waals surface area contributed by atoms with Crippen molar-refractivity contribution in [1.29, 1.82) is 0 Å². The van der Waals surface area contributed by atoms with Crippen LogP contribution in [0.3, 0.4) is 0 Å². The standard InChI is InChI=1S/C12H15IN2O/c13-9-4-6-10(7-5-9)15-12(16)11-3-1-2-8-14-11/h4-7,11,14H,1-3,8H2,(H,15,16). The van der Waals surface area contributed by atoms with Gasteiger partial charge in [-0.15, -0.1) is 0 Å². The van der Waals surface area contributed by atoms with Gasteiger partial charge in [0, 0.05) is 9.26 Å². The van der Waals surface area contributed by atoms with E-state index >= 15 is 0 Å². The Morgan fingerprint density at radius 1 is 1.31 bits per heavy atom. The van der Waals surface area contributed by atoms with Crippen LogP contribution >= 0.6 is 22.6 Å². The average Bonchev–Trinajstić information content (AvgIpc) is 2.33. The molecular weight excluding hydrogens is 315 g/mol. The van der Waals surface area contributed by atoms with Gasteiger partial charge in [0.05, 0.1) is 6.04 Å². The molecule has 0 saturated carbocycles. The molecule has 1 aromatic carbocycles. The summed E-state index contributed by atoms with van der Waals surface area (Å²) in [5.41, 5.74) is 0.873. The highest BCUT2D eigenvalue weighted by Crippen LogP contribution is 2.13. The number of amides is 1. The van der Waals surface area contributed by atoms with E-state index in [4.69, 9.17) is 0 Å². The van der Waals surface area contributed by atoms with Gasteiger partial charge in [0.1, 0.15) is 0 Å². The molecule has 1 fully saturated rings. The van der Waals surface area contributed by atoms with Crippen molar-refractivity contribution in [2.24, 2.45) is 0 Å². The van der Waals surface area contributed by atoms with Crippen LogP contribution < -0.4 is 10.6 Å². The van der Waals surface area contributed by atoms with Gasteiger partial charge in [-0.1, -0.05) is 6.42 Å². The van der Waals surface area contributed by atoms with E-state index in [2.05, 4.69) is 33.2 Å². The number of anilines is 1. The molecule has 1 aliphatic heterocycles. The van der Waals surface area contributed by atoms with Gasteiger partial charge in [-0.2, -0.15) is 0 Å². The molecule has 1 unspecified atom stereocenters. The van der Waals surface area contributed by atoms with Crippen LogP contribution in [0.2, 0.25) is 0 Å². The Bertz CT molecular complexity index is 358. The van der Waals surface area contributed by atoms with E-state index < -0.39 is 0 Å². The van der Waals surface area contributed by atoms with Crippen LogP contribution in [-0.4, -0.2) is 18.5 Å². The van der Waals surface area contributed by atoms with Gasteiger partial charge in [-0.3, -0.25) is 4.79 Å². The summed E-state index contributed by atoms with van der Waals surface area (Å²) in [6, 6.07) is 7.83. The van der Waals surface area contributed by atoms with Gasteiger partial charge in [-0.25, -0.2) is 0 Å². The summed E-state index contributed by atoms with van der Waals surface area (Å²) in [5, 5.41) is 6.17. The summed E-state index contributed by atoms with van der Waals surface area (Å²) in [5.74, 6) is 0.0842. The van der Waals surface area contributed by atoms with Gasteiger partial charge in [0.15, 0.2) is 0 Å². The number of piperidine rings is 1. The Hall–Kier alpha value is -0.620. The molecule has 1 heterocycles. The molecule has 0 aliphatic carbocycles. The fourth-order valence-corrected chi connectivity index (χ4v) is 2.20. The number of halogens is 1. The first-order chi connectivity index (χ1) is 7.75. The van der Waals surface area contributed by atoms with Crippen LogP contribution in [-0.2, 0) is 4.79 Å². The van der Waals surface area contributed by atoms with Crippen molar-refractivity contribution in [2.75, 3.05) is 11.9 Å². The van der Waals surface area contributed by atoms with E-state index in [1.165, 1.54) is 9.99 Å². The number of benzene rings is 1. The van der Waals surface area contributed by atoms with E-state index in [9.17, 15) is 4.79 Å². The lowest BCUT2D eigenvalue weighted by molar-refractivity contribution is -0.118. The van der Waals surface area contributed by atoms with Gasteiger partial charge in [0.2, 0.25) is 5.91 Å². The normalized spacial score (nSPS) is 20.4. The van der Waals surface area contributed by atoms with Crippen LogP contribution in [0.5, 0.6) is 0 Å². The number of nitrogens with one attached hydrogen (secondary N) is 2. The first-order valence-electron chi connectivity index (χ1n) is 5.55. The van der Waals surface area contributed by atoms with E-state index in [0.29, 0.717) is 0 Å². The van der Waals surface area contributed by atoms with Crippen molar-refractivity contribution in [1.82, 2.24) is 5.32 Å². The summed E-state index contributed by atoms with van der Waals surface area (Å²) >= 11 is 2.25. The van der Waals surface area contributed by atoms with Gasteiger partial charge < -0.3 is 10.6 Å². The van der Waals surface area contributed by atoms with Crippen molar-refractivity contribution in [2.45, 2.75) is 25.3 Å². The maximum absolute atomic E-state index is 11.9. The molecule has 4 heteroatoms. The lowest BCUT2D eigenvalue weighted by Crippen LogP contribution is -2.43. The van der Waals surface area contributed by atoms with E-state index in [1.54, 1.807) is 0 Å². The zero-order valence-corrected chi connectivity index (χ0v) is 11.2. The largest absolute Gasteiger partial charge is 0.325 e. The Balaban J connectivity index is 1.93. The predicted octanol–water partition coefficient (Wildman–Crippen LogP) is 2.37. The Morgan fingerprint density at radius 2 is 2.06 bits per heavy atom. The van der Waals surface area contributed by atoms with Crippen LogP contribution in [0.1, 0.15) is 19.3 Å². The molecule has 1 amide bonds. The van der Waals surface area contributed by atoms with Crippen molar-refractivity contribution < 1.29 is 4.79 Å². The van der Waals surface area contributed by atoms with Crippen LogP contribution in [0, 0.1) is 3.57 Å². The molecule has 0 aromatic heterocycles. The highest BCUT2D eigenvalue weighted by atomic mass is 127. The molecule has 1 atom stereocenters. The zero-order chi connectivity index (χ0) is 11.4. The third-order valence-corrected chi connectivity index (χ3v) is 3.46. The molecule has 0 bridgehead atoms. The van der Waals surface area contributed by atoms with E-state index in [-0.39, 0.29) is 11.9 Å². The molecule has 0 radical (unpaired) electrons. The first kappa shape index (κ1) is 11.9. The molecule has 1 aromatic rings. The van der Waals surface area contributed by atoms with Crippen molar-refractivity contribution >= 4 is 34.2 Å². The Morgan fingerprint density at radius 3 is 2.69 bits per heavy atom. The number of hydrogen-bond acceptors (Lipinski definition) is 2. The highest BCUT2D eigenvalue weighted by Gasteiger charge is 2.20. The second-order valence-corrected chi connectivity index (χ2v) is 5.24. The summed E-state index contributed by atoms with van der Waals surface area (Å²) in [7, 11) is 0. The fourth-order valence-electron chi connectivity index (χ4n) is 1.84. The number of carbonyl (C=O) groups excluding carboxylic acids is 1. The molecule has 86 valence electrons. The van der Waals surface area contributed by atoms with Crippen LogP contribution in [0.4, 0.5) is 5.69 Å². The van der Waals surface area contributed by atoms with Crippen LogP contribution in [0.15, 0.2) is 24.3 Å². The average molecular weight is 330 g/mol. The van der Waals surface area contributed by atoms with Crippen molar-refractivity contribution in [3.05, 3.63) is 27.8 Å². The topological polar surface area (TPSA) is 41.1 Å².